The summed E-state index contributed by atoms with van der Waals surface area (Å²) in [5.74, 6) is 6.72. The smallest absolute Gasteiger partial charge is 0.0408 e. The summed E-state index contributed by atoms with van der Waals surface area (Å²) in [7, 11) is 0. The zero-order chi connectivity index (χ0) is 10.4. The lowest BCUT2D eigenvalue weighted by molar-refractivity contribution is 0.749. The van der Waals surface area contributed by atoms with Crippen molar-refractivity contribution in [2.24, 2.45) is 5.92 Å². The Balaban J connectivity index is 2.60. The summed E-state index contributed by atoms with van der Waals surface area (Å²) in [5.41, 5.74) is 1.26. The van der Waals surface area contributed by atoms with Crippen LogP contribution in [0, 0.1) is 17.8 Å². The summed E-state index contributed by atoms with van der Waals surface area (Å²) in [6.45, 7) is 4.21. The van der Waals surface area contributed by atoms with Crippen LogP contribution in [0.2, 0.25) is 5.02 Å². The molecule has 0 spiro atoms. The average molecular weight is 207 g/mol. The van der Waals surface area contributed by atoms with Gasteiger partial charge in [0.2, 0.25) is 0 Å². The van der Waals surface area contributed by atoms with Gasteiger partial charge in [-0.2, -0.15) is 0 Å². The molecule has 0 aliphatic carbocycles. The van der Waals surface area contributed by atoms with Gasteiger partial charge >= 0.3 is 0 Å². The second kappa shape index (κ2) is 5.73. The van der Waals surface area contributed by atoms with E-state index in [1.165, 1.54) is 5.56 Å². The summed E-state index contributed by atoms with van der Waals surface area (Å²) in [4.78, 5) is 0. The molecular weight excluding hydrogens is 192 g/mol. The van der Waals surface area contributed by atoms with Crippen molar-refractivity contribution >= 4 is 11.6 Å². The second-order valence-corrected chi connectivity index (χ2v) is 3.85. The van der Waals surface area contributed by atoms with E-state index in [4.69, 9.17) is 11.6 Å². The fourth-order valence-electron chi connectivity index (χ4n) is 1.34. The molecule has 0 aliphatic rings. The predicted molar refractivity (Wildman–Crippen MR) is 62.4 cm³/mol. The molecular formula is C13H15Cl. The lowest BCUT2D eigenvalue weighted by Crippen LogP contribution is -1.96. The third-order valence-corrected chi connectivity index (χ3v) is 2.19. The summed E-state index contributed by atoms with van der Waals surface area (Å²) in [6, 6.07) is 7.98. The highest BCUT2D eigenvalue weighted by atomic mass is 35.5. The molecule has 1 aromatic rings. The molecule has 0 bridgehead atoms. The minimum absolute atomic E-state index is 0.411. The van der Waals surface area contributed by atoms with Crippen LogP contribution in [0.1, 0.15) is 25.8 Å². The molecule has 0 nitrogen and oxygen atoms in total. The first-order valence-corrected chi connectivity index (χ1v) is 5.33. The summed E-state index contributed by atoms with van der Waals surface area (Å²) in [6.07, 6.45) is 1.91. The maximum Gasteiger partial charge on any atom is 0.0408 e. The van der Waals surface area contributed by atoms with Gasteiger partial charge in [0.25, 0.3) is 0 Å². The van der Waals surface area contributed by atoms with Crippen LogP contribution in [-0.2, 0) is 6.42 Å². The van der Waals surface area contributed by atoms with Crippen LogP contribution in [-0.4, -0.2) is 0 Å². The monoisotopic (exact) mass is 206 g/mol. The van der Waals surface area contributed by atoms with Gasteiger partial charge in [-0.25, -0.2) is 0 Å². The van der Waals surface area contributed by atoms with Gasteiger partial charge in [0.05, 0.1) is 0 Å². The van der Waals surface area contributed by atoms with E-state index in [0.29, 0.717) is 5.92 Å². The van der Waals surface area contributed by atoms with E-state index >= 15 is 0 Å². The van der Waals surface area contributed by atoms with Gasteiger partial charge in [0.15, 0.2) is 0 Å². The van der Waals surface area contributed by atoms with Crippen molar-refractivity contribution < 1.29 is 0 Å². The topological polar surface area (TPSA) is 0 Å². The Morgan fingerprint density at radius 3 is 2.86 bits per heavy atom. The lowest BCUT2D eigenvalue weighted by Gasteiger charge is -2.04. The van der Waals surface area contributed by atoms with Crippen LogP contribution in [0.5, 0.6) is 0 Å². The molecule has 74 valence electrons. The van der Waals surface area contributed by atoms with E-state index in [2.05, 4.69) is 31.8 Å². The molecule has 1 aromatic carbocycles. The van der Waals surface area contributed by atoms with Gasteiger partial charge in [0, 0.05) is 17.4 Å². The Hall–Kier alpha value is -0.930. The Bertz CT molecular complexity index is 344. The summed E-state index contributed by atoms with van der Waals surface area (Å²) < 4.78 is 0. The first-order valence-electron chi connectivity index (χ1n) is 4.95. The first-order chi connectivity index (χ1) is 6.72. The maximum atomic E-state index is 5.90. The van der Waals surface area contributed by atoms with Crippen molar-refractivity contribution in [3.63, 3.8) is 0 Å². The Labute approximate surface area is 91.3 Å². The lowest BCUT2D eigenvalue weighted by atomic mass is 10.0. The van der Waals surface area contributed by atoms with Crippen LogP contribution in [0.3, 0.4) is 0 Å². The number of hydrogen-bond donors (Lipinski definition) is 0. The molecule has 1 heteroatoms. The molecule has 0 amide bonds. The number of rotatable bonds is 2. The molecule has 0 aromatic heterocycles. The SMILES string of the molecule is CCC#CC(C)Cc1cccc(Cl)c1. The fraction of sp³-hybridized carbons (Fsp3) is 0.385. The first kappa shape index (κ1) is 11.1. The van der Waals surface area contributed by atoms with Crippen molar-refractivity contribution in [2.75, 3.05) is 0 Å². The Kier molecular flexibility index (Phi) is 4.56. The van der Waals surface area contributed by atoms with Gasteiger partial charge in [-0.05, 0) is 24.1 Å². The number of hydrogen-bond acceptors (Lipinski definition) is 0. The summed E-state index contributed by atoms with van der Waals surface area (Å²) in [5, 5.41) is 0.804. The molecule has 1 atom stereocenters. The largest absolute Gasteiger partial charge is 0.103 e. The van der Waals surface area contributed by atoms with Gasteiger partial charge in [-0.3, -0.25) is 0 Å². The van der Waals surface area contributed by atoms with Crippen LogP contribution >= 0.6 is 11.6 Å². The van der Waals surface area contributed by atoms with Gasteiger partial charge < -0.3 is 0 Å². The molecule has 1 unspecified atom stereocenters. The molecule has 14 heavy (non-hydrogen) atoms. The normalized spacial score (nSPS) is 11.6. The molecule has 0 fully saturated rings. The standard InChI is InChI=1S/C13H15Cl/c1-3-4-6-11(2)9-12-7-5-8-13(14)10-12/h5,7-8,10-11H,3,9H2,1-2H3. The molecule has 0 aliphatic heterocycles. The van der Waals surface area contributed by atoms with E-state index in [9.17, 15) is 0 Å². The highest BCUT2D eigenvalue weighted by Crippen LogP contribution is 2.13. The van der Waals surface area contributed by atoms with Crippen LogP contribution in [0.25, 0.3) is 0 Å². The third kappa shape index (κ3) is 3.85. The van der Waals surface area contributed by atoms with E-state index in [1.807, 2.05) is 18.2 Å². The van der Waals surface area contributed by atoms with Crippen molar-refractivity contribution in [1.29, 1.82) is 0 Å². The average Bonchev–Trinajstić information content (AvgIpc) is 2.15. The molecule has 0 N–H and O–H groups in total. The van der Waals surface area contributed by atoms with Crippen molar-refractivity contribution in [1.82, 2.24) is 0 Å². The minimum atomic E-state index is 0.411. The number of benzene rings is 1. The fourth-order valence-corrected chi connectivity index (χ4v) is 1.56. The number of halogens is 1. The van der Waals surface area contributed by atoms with Crippen molar-refractivity contribution in [3.05, 3.63) is 34.9 Å². The van der Waals surface area contributed by atoms with Gasteiger partial charge in [-0.1, -0.05) is 43.5 Å². The highest BCUT2D eigenvalue weighted by molar-refractivity contribution is 6.30. The van der Waals surface area contributed by atoms with Gasteiger partial charge in [0.1, 0.15) is 0 Å². The zero-order valence-corrected chi connectivity index (χ0v) is 9.43. The van der Waals surface area contributed by atoms with E-state index in [-0.39, 0.29) is 0 Å². The quantitative estimate of drug-likeness (QED) is 0.644. The molecule has 0 heterocycles. The predicted octanol–water partition coefficient (Wildman–Crippen LogP) is 3.93. The minimum Gasteiger partial charge on any atom is -0.103 e. The van der Waals surface area contributed by atoms with E-state index < -0.39 is 0 Å². The van der Waals surface area contributed by atoms with Crippen LogP contribution in [0.4, 0.5) is 0 Å². The Morgan fingerprint density at radius 2 is 2.21 bits per heavy atom. The molecule has 0 saturated heterocycles. The molecule has 0 saturated carbocycles. The van der Waals surface area contributed by atoms with Crippen LogP contribution < -0.4 is 0 Å². The molecule has 1 rings (SSSR count). The van der Waals surface area contributed by atoms with E-state index in [0.717, 1.165) is 17.9 Å². The third-order valence-electron chi connectivity index (χ3n) is 1.96. The summed E-state index contributed by atoms with van der Waals surface area (Å²) >= 11 is 5.90. The second-order valence-electron chi connectivity index (χ2n) is 3.41. The van der Waals surface area contributed by atoms with Gasteiger partial charge in [-0.15, -0.1) is 5.92 Å². The molecule has 0 radical (unpaired) electrons. The maximum absolute atomic E-state index is 5.90. The highest BCUT2D eigenvalue weighted by Gasteiger charge is 1.99. The van der Waals surface area contributed by atoms with Crippen molar-refractivity contribution in [2.45, 2.75) is 26.7 Å². The van der Waals surface area contributed by atoms with Crippen LogP contribution in [0.15, 0.2) is 24.3 Å². The Morgan fingerprint density at radius 1 is 1.43 bits per heavy atom. The van der Waals surface area contributed by atoms with E-state index in [1.54, 1.807) is 0 Å². The van der Waals surface area contributed by atoms with Crippen molar-refractivity contribution in [3.8, 4) is 11.8 Å². The zero-order valence-electron chi connectivity index (χ0n) is 8.68.